The van der Waals surface area contributed by atoms with Gasteiger partial charge in [0, 0.05) is 6.07 Å². The maximum atomic E-state index is 13.4. The van der Waals surface area contributed by atoms with Gasteiger partial charge in [0.2, 0.25) is 0 Å². The highest BCUT2D eigenvalue weighted by Gasteiger charge is 2.10. The number of rotatable bonds is 4. The summed E-state index contributed by atoms with van der Waals surface area (Å²) in [7, 11) is 0. The smallest absolute Gasteiger partial charge is 0.154 e. The van der Waals surface area contributed by atoms with Gasteiger partial charge in [-0.2, -0.15) is 0 Å². The Morgan fingerprint density at radius 3 is 2.50 bits per heavy atom. The molecule has 0 amide bonds. The number of hydrogen-bond acceptors (Lipinski definition) is 3. The lowest BCUT2D eigenvalue weighted by atomic mass is 10.2. The molecule has 0 spiro atoms. The summed E-state index contributed by atoms with van der Waals surface area (Å²) >= 11 is 5.62. The van der Waals surface area contributed by atoms with Crippen molar-refractivity contribution in [3.63, 3.8) is 0 Å². The number of nitrogens with two attached hydrogens (primary N) is 1. The molecule has 20 heavy (non-hydrogen) atoms. The average Bonchev–Trinajstić information content (AvgIpc) is 2.38. The van der Waals surface area contributed by atoms with Crippen LogP contribution in [0.15, 0.2) is 36.4 Å². The van der Waals surface area contributed by atoms with Crippen LogP contribution in [0.2, 0.25) is 5.02 Å². The molecule has 0 heterocycles. The minimum absolute atomic E-state index is 0.000487. The topological polar surface area (TPSA) is 44.5 Å². The van der Waals surface area contributed by atoms with Crippen LogP contribution in [0.4, 0.5) is 10.1 Å². The summed E-state index contributed by atoms with van der Waals surface area (Å²) < 4.78 is 24.5. The predicted molar refractivity (Wildman–Crippen MR) is 78.1 cm³/mol. The van der Waals surface area contributed by atoms with Gasteiger partial charge in [-0.1, -0.05) is 17.7 Å². The third-order valence-corrected chi connectivity index (χ3v) is 2.81. The van der Waals surface area contributed by atoms with Crippen molar-refractivity contribution >= 4 is 17.3 Å². The largest absolute Gasteiger partial charge is 0.489 e. The van der Waals surface area contributed by atoms with Crippen LogP contribution in [0, 0.1) is 5.82 Å². The molecule has 0 aliphatic carbocycles. The van der Waals surface area contributed by atoms with Crippen molar-refractivity contribution in [1.82, 2.24) is 0 Å². The summed E-state index contributed by atoms with van der Waals surface area (Å²) in [6.45, 7) is 3.81. The molecule has 0 saturated carbocycles. The molecule has 2 aromatic carbocycles. The molecule has 0 aliphatic heterocycles. The number of halogens is 2. The van der Waals surface area contributed by atoms with Crippen molar-refractivity contribution in [3.05, 3.63) is 47.2 Å². The Labute approximate surface area is 122 Å². The summed E-state index contributed by atoms with van der Waals surface area (Å²) in [5.41, 5.74) is 6.35. The van der Waals surface area contributed by atoms with Crippen LogP contribution < -0.4 is 15.2 Å². The van der Waals surface area contributed by atoms with Crippen LogP contribution in [0.25, 0.3) is 0 Å². The standard InChI is InChI=1S/C15H15ClFNO2/c1-9(2)19-13-4-3-5-14(15(13)18)20-10-6-7-11(16)12(17)8-10/h3-9H,18H2,1-2H3. The van der Waals surface area contributed by atoms with E-state index >= 15 is 0 Å². The molecule has 0 atom stereocenters. The lowest BCUT2D eigenvalue weighted by Gasteiger charge is -2.15. The number of hydrogen-bond donors (Lipinski definition) is 1. The summed E-state index contributed by atoms with van der Waals surface area (Å²) in [4.78, 5) is 0. The first-order valence-electron chi connectivity index (χ1n) is 6.15. The molecule has 0 bridgehead atoms. The molecule has 0 saturated heterocycles. The van der Waals surface area contributed by atoms with Crippen LogP contribution in [-0.2, 0) is 0 Å². The van der Waals surface area contributed by atoms with E-state index in [9.17, 15) is 4.39 Å². The van der Waals surface area contributed by atoms with E-state index in [0.717, 1.165) is 0 Å². The van der Waals surface area contributed by atoms with E-state index in [4.69, 9.17) is 26.8 Å². The molecule has 0 fully saturated rings. The third kappa shape index (κ3) is 3.33. The molecular weight excluding hydrogens is 281 g/mol. The fraction of sp³-hybridized carbons (Fsp3) is 0.200. The summed E-state index contributed by atoms with van der Waals surface area (Å²) in [6, 6.07) is 9.41. The number of nitrogen functional groups attached to an aromatic ring is 1. The minimum Gasteiger partial charge on any atom is -0.489 e. The van der Waals surface area contributed by atoms with E-state index in [0.29, 0.717) is 22.9 Å². The highest BCUT2D eigenvalue weighted by atomic mass is 35.5. The van der Waals surface area contributed by atoms with E-state index < -0.39 is 5.82 Å². The highest BCUT2D eigenvalue weighted by molar-refractivity contribution is 6.30. The van der Waals surface area contributed by atoms with Crippen LogP contribution in [0.1, 0.15) is 13.8 Å². The molecule has 106 valence electrons. The van der Waals surface area contributed by atoms with Crippen molar-refractivity contribution < 1.29 is 13.9 Å². The summed E-state index contributed by atoms with van der Waals surface area (Å²) in [5.74, 6) is 0.717. The van der Waals surface area contributed by atoms with E-state index in [2.05, 4.69) is 0 Å². The van der Waals surface area contributed by atoms with Crippen LogP contribution in [0.3, 0.4) is 0 Å². The average molecular weight is 296 g/mol. The number of ether oxygens (including phenoxy) is 2. The molecule has 5 heteroatoms. The van der Waals surface area contributed by atoms with E-state index in [-0.39, 0.29) is 11.1 Å². The second-order valence-electron chi connectivity index (χ2n) is 4.51. The Bertz CT molecular complexity index is 617. The van der Waals surface area contributed by atoms with E-state index in [1.165, 1.54) is 12.1 Å². The SMILES string of the molecule is CC(C)Oc1cccc(Oc2ccc(Cl)c(F)c2)c1N. The van der Waals surface area contributed by atoms with Gasteiger partial charge in [-0.3, -0.25) is 0 Å². The number of benzene rings is 2. The zero-order valence-electron chi connectivity index (χ0n) is 11.2. The fourth-order valence-corrected chi connectivity index (χ4v) is 1.75. The van der Waals surface area contributed by atoms with Crippen molar-refractivity contribution in [2.45, 2.75) is 20.0 Å². The zero-order valence-corrected chi connectivity index (χ0v) is 11.9. The van der Waals surface area contributed by atoms with Crippen LogP contribution >= 0.6 is 11.6 Å². The van der Waals surface area contributed by atoms with Gasteiger partial charge in [-0.05, 0) is 38.1 Å². The molecule has 0 aromatic heterocycles. The molecule has 0 aliphatic rings. The minimum atomic E-state index is -0.544. The van der Waals surface area contributed by atoms with Gasteiger partial charge in [-0.15, -0.1) is 0 Å². The molecule has 2 N–H and O–H groups in total. The fourth-order valence-electron chi connectivity index (χ4n) is 1.64. The summed E-state index contributed by atoms with van der Waals surface area (Å²) in [5, 5.41) is 0.0437. The first-order valence-corrected chi connectivity index (χ1v) is 6.53. The number of anilines is 1. The lowest BCUT2D eigenvalue weighted by Crippen LogP contribution is -2.07. The van der Waals surface area contributed by atoms with Crippen molar-refractivity contribution in [3.8, 4) is 17.2 Å². The number of para-hydroxylation sites is 1. The van der Waals surface area contributed by atoms with E-state index in [1.807, 2.05) is 13.8 Å². The lowest BCUT2D eigenvalue weighted by molar-refractivity contribution is 0.243. The Balaban J connectivity index is 2.27. The van der Waals surface area contributed by atoms with Gasteiger partial charge in [-0.25, -0.2) is 4.39 Å². The molecule has 2 aromatic rings. The van der Waals surface area contributed by atoms with Crippen molar-refractivity contribution in [2.75, 3.05) is 5.73 Å². The van der Waals surface area contributed by atoms with Gasteiger partial charge < -0.3 is 15.2 Å². The van der Waals surface area contributed by atoms with Crippen molar-refractivity contribution in [1.29, 1.82) is 0 Å². The predicted octanol–water partition coefficient (Wildman–Crippen LogP) is 4.64. The Kier molecular flexibility index (Phi) is 4.35. The maximum Gasteiger partial charge on any atom is 0.154 e. The van der Waals surface area contributed by atoms with Crippen molar-refractivity contribution in [2.24, 2.45) is 0 Å². The van der Waals surface area contributed by atoms with Gasteiger partial charge in [0.1, 0.15) is 23.0 Å². The molecular formula is C15H15ClFNO2. The zero-order chi connectivity index (χ0) is 14.7. The Morgan fingerprint density at radius 2 is 1.85 bits per heavy atom. The van der Waals surface area contributed by atoms with Crippen LogP contribution in [-0.4, -0.2) is 6.10 Å². The van der Waals surface area contributed by atoms with Crippen LogP contribution in [0.5, 0.6) is 17.2 Å². The van der Waals surface area contributed by atoms with Gasteiger partial charge in [0.15, 0.2) is 5.75 Å². The normalized spacial score (nSPS) is 10.7. The van der Waals surface area contributed by atoms with E-state index in [1.54, 1.807) is 24.3 Å². The monoisotopic (exact) mass is 295 g/mol. The Morgan fingerprint density at radius 1 is 1.15 bits per heavy atom. The van der Waals surface area contributed by atoms with Gasteiger partial charge in [0.05, 0.1) is 11.1 Å². The summed E-state index contributed by atoms with van der Waals surface area (Å²) in [6.07, 6.45) is 0.000487. The van der Waals surface area contributed by atoms with Gasteiger partial charge >= 0.3 is 0 Å². The first kappa shape index (κ1) is 14.5. The third-order valence-electron chi connectivity index (χ3n) is 2.51. The molecule has 0 unspecified atom stereocenters. The maximum absolute atomic E-state index is 13.4. The quantitative estimate of drug-likeness (QED) is 0.836. The first-order chi connectivity index (χ1) is 9.47. The molecule has 0 radical (unpaired) electrons. The highest BCUT2D eigenvalue weighted by Crippen LogP contribution is 2.35. The second kappa shape index (κ2) is 6.01. The molecule has 2 rings (SSSR count). The Hall–Kier alpha value is -1.94. The molecule has 3 nitrogen and oxygen atoms in total. The second-order valence-corrected chi connectivity index (χ2v) is 4.92. The van der Waals surface area contributed by atoms with Gasteiger partial charge in [0.25, 0.3) is 0 Å².